The van der Waals surface area contributed by atoms with Gasteiger partial charge in [0.2, 0.25) is 0 Å². The highest BCUT2D eigenvalue weighted by molar-refractivity contribution is 5.01. The van der Waals surface area contributed by atoms with Crippen molar-refractivity contribution in [3.8, 4) is 6.07 Å². The molecule has 0 bridgehead atoms. The summed E-state index contributed by atoms with van der Waals surface area (Å²) >= 11 is 0. The van der Waals surface area contributed by atoms with E-state index in [4.69, 9.17) is 11.0 Å². The molecule has 0 aliphatic carbocycles. The first-order valence-corrected chi connectivity index (χ1v) is 5.96. The van der Waals surface area contributed by atoms with Crippen LogP contribution in [0, 0.1) is 11.3 Å². The van der Waals surface area contributed by atoms with E-state index in [1.807, 2.05) is 6.92 Å². The molecular weight excluding hydrogens is 186 g/mol. The summed E-state index contributed by atoms with van der Waals surface area (Å²) in [6.45, 7) is 7.28. The first-order valence-electron chi connectivity index (χ1n) is 5.96. The average Bonchev–Trinajstić information content (AvgIpc) is 2.56. The Morgan fingerprint density at radius 3 is 2.73 bits per heavy atom. The van der Waals surface area contributed by atoms with Crippen molar-refractivity contribution in [1.29, 1.82) is 5.26 Å². The van der Waals surface area contributed by atoms with Crippen molar-refractivity contribution < 1.29 is 0 Å². The lowest BCUT2D eigenvalue weighted by molar-refractivity contribution is 0.187. The summed E-state index contributed by atoms with van der Waals surface area (Å²) in [7, 11) is 0. The summed E-state index contributed by atoms with van der Waals surface area (Å²) < 4.78 is 0. The molecule has 0 saturated carbocycles. The van der Waals surface area contributed by atoms with Gasteiger partial charge in [0, 0.05) is 18.6 Å². The average molecular weight is 209 g/mol. The van der Waals surface area contributed by atoms with Gasteiger partial charge in [0.1, 0.15) is 5.54 Å². The van der Waals surface area contributed by atoms with Crippen molar-refractivity contribution in [1.82, 2.24) is 4.90 Å². The van der Waals surface area contributed by atoms with Crippen LogP contribution in [0.3, 0.4) is 0 Å². The molecule has 1 fully saturated rings. The van der Waals surface area contributed by atoms with E-state index in [0.29, 0.717) is 12.1 Å². The Morgan fingerprint density at radius 2 is 2.20 bits per heavy atom. The van der Waals surface area contributed by atoms with Crippen LogP contribution in [0.25, 0.3) is 0 Å². The summed E-state index contributed by atoms with van der Waals surface area (Å²) in [5.74, 6) is 0. The molecule has 1 saturated heterocycles. The molecule has 3 nitrogen and oxygen atoms in total. The molecule has 0 aromatic carbocycles. The van der Waals surface area contributed by atoms with Gasteiger partial charge in [-0.05, 0) is 39.5 Å². The molecule has 15 heavy (non-hydrogen) atoms. The molecule has 2 N–H and O–H groups in total. The number of nitrogens with zero attached hydrogens (tertiary/aromatic N) is 2. The lowest BCUT2D eigenvalue weighted by Gasteiger charge is -2.29. The number of likely N-dealkylation sites (tertiary alicyclic amines) is 1. The van der Waals surface area contributed by atoms with Gasteiger partial charge in [-0.3, -0.25) is 4.90 Å². The summed E-state index contributed by atoms with van der Waals surface area (Å²) in [6, 6.07) is 3.52. The largest absolute Gasteiger partial charge is 0.314 e. The van der Waals surface area contributed by atoms with Gasteiger partial charge >= 0.3 is 0 Å². The van der Waals surface area contributed by atoms with Gasteiger partial charge in [0.25, 0.3) is 0 Å². The van der Waals surface area contributed by atoms with Crippen LogP contribution in [0.15, 0.2) is 0 Å². The zero-order chi connectivity index (χ0) is 11.5. The fourth-order valence-corrected chi connectivity index (χ4v) is 2.38. The maximum absolute atomic E-state index is 8.86. The van der Waals surface area contributed by atoms with Crippen molar-refractivity contribution in [2.45, 2.75) is 64.1 Å². The third-order valence-corrected chi connectivity index (χ3v) is 3.57. The molecule has 3 unspecified atom stereocenters. The molecule has 3 heteroatoms. The molecule has 1 aliphatic rings. The van der Waals surface area contributed by atoms with Crippen molar-refractivity contribution >= 4 is 0 Å². The van der Waals surface area contributed by atoms with Gasteiger partial charge in [-0.2, -0.15) is 5.26 Å². The predicted molar refractivity (Wildman–Crippen MR) is 62.3 cm³/mol. The van der Waals surface area contributed by atoms with E-state index in [0.717, 1.165) is 13.0 Å². The van der Waals surface area contributed by atoms with Gasteiger partial charge in [-0.1, -0.05) is 6.92 Å². The topological polar surface area (TPSA) is 53.0 Å². The highest BCUT2D eigenvalue weighted by Gasteiger charge is 2.30. The smallest absolute Gasteiger partial charge is 0.102 e. The van der Waals surface area contributed by atoms with Crippen LogP contribution in [0.2, 0.25) is 0 Å². The third kappa shape index (κ3) is 3.19. The lowest BCUT2D eigenvalue weighted by atomic mass is 10.0. The van der Waals surface area contributed by atoms with Crippen molar-refractivity contribution in [2.75, 3.05) is 6.54 Å². The van der Waals surface area contributed by atoms with Crippen LogP contribution in [-0.4, -0.2) is 29.1 Å². The minimum absolute atomic E-state index is 0.657. The molecule has 86 valence electrons. The summed E-state index contributed by atoms with van der Waals surface area (Å²) in [5.41, 5.74) is 5.17. The van der Waals surface area contributed by atoms with Crippen LogP contribution in [-0.2, 0) is 0 Å². The van der Waals surface area contributed by atoms with E-state index in [1.165, 1.54) is 19.3 Å². The van der Waals surface area contributed by atoms with Crippen LogP contribution in [0.5, 0.6) is 0 Å². The second-order valence-corrected chi connectivity index (χ2v) is 5.01. The van der Waals surface area contributed by atoms with Gasteiger partial charge in [0.05, 0.1) is 6.07 Å². The molecule has 0 radical (unpaired) electrons. The third-order valence-electron chi connectivity index (χ3n) is 3.57. The zero-order valence-electron chi connectivity index (χ0n) is 10.2. The highest BCUT2D eigenvalue weighted by Crippen LogP contribution is 2.26. The maximum Gasteiger partial charge on any atom is 0.102 e. The quantitative estimate of drug-likeness (QED) is 0.769. The Hall–Kier alpha value is -0.590. The van der Waals surface area contributed by atoms with Gasteiger partial charge < -0.3 is 5.73 Å². The Morgan fingerprint density at radius 1 is 1.53 bits per heavy atom. The minimum Gasteiger partial charge on any atom is -0.314 e. The molecule has 0 aromatic heterocycles. The monoisotopic (exact) mass is 209 g/mol. The lowest BCUT2D eigenvalue weighted by Crippen LogP contribution is -2.42. The van der Waals surface area contributed by atoms with Crippen LogP contribution < -0.4 is 5.73 Å². The van der Waals surface area contributed by atoms with Gasteiger partial charge in [0.15, 0.2) is 0 Å². The number of nitriles is 1. The summed E-state index contributed by atoms with van der Waals surface area (Å²) in [4.78, 5) is 2.52. The van der Waals surface area contributed by atoms with Gasteiger partial charge in [-0.25, -0.2) is 0 Å². The summed E-state index contributed by atoms with van der Waals surface area (Å²) in [6.07, 6.45) is 4.56. The fourth-order valence-electron chi connectivity index (χ4n) is 2.38. The number of rotatable bonds is 4. The molecule has 1 aliphatic heterocycles. The van der Waals surface area contributed by atoms with Crippen LogP contribution in [0.1, 0.15) is 46.5 Å². The molecule has 0 aromatic rings. The number of hydrogen-bond donors (Lipinski definition) is 1. The number of hydrogen-bond acceptors (Lipinski definition) is 3. The van der Waals surface area contributed by atoms with Crippen molar-refractivity contribution in [3.63, 3.8) is 0 Å². The van der Waals surface area contributed by atoms with Crippen LogP contribution in [0.4, 0.5) is 0 Å². The Labute approximate surface area is 93.2 Å². The molecule has 0 amide bonds. The molecule has 0 spiro atoms. The van der Waals surface area contributed by atoms with E-state index in [1.54, 1.807) is 0 Å². The standard InChI is InChI=1S/C12H23N3/c1-4-11-6-5-10(2)15(11)8-7-12(3,14)9-13/h10-11H,4-8,14H2,1-3H3. The predicted octanol–water partition coefficient (Wildman–Crippen LogP) is 1.88. The van der Waals surface area contributed by atoms with E-state index >= 15 is 0 Å². The molecular formula is C12H23N3. The van der Waals surface area contributed by atoms with E-state index < -0.39 is 5.54 Å². The summed E-state index contributed by atoms with van der Waals surface area (Å²) in [5, 5.41) is 8.86. The SMILES string of the molecule is CCC1CCC(C)N1CCC(C)(N)C#N. The highest BCUT2D eigenvalue weighted by atomic mass is 15.2. The van der Waals surface area contributed by atoms with Crippen molar-refractivity contribution in [2.24, 2.45) is 5.73 Å². The van der Waals surface area contributed by atoms with Crippen molar-refractivity contribution in [3.05, 3.63) is 0 Å². The molecule has 1 heterocycles. The maximum atomic E-state index is 8.86. The Bertz CT molecular complexity index is 242. The zero-order valence-corrected chi connectivity index (χ0v) is 10.2. The van der Waals surface area contributed by atoms with Gasteiger partial charge in [-0.15, -0.1) is 0 Å². The molecule has 3 atom stereocenters. The van der Waals surface area contributed by atoms with Crippen LogP contribution >= 0.6 is 0 Å². The Kier molecular flexibility index (Phi) is 4.12. The first-order chi connectivity index (χ1) is 7.00. The second kappa shape index (κ2) is 4.96. The second-order valence-electron chi connectivity index (χ2n) is 5.01. The first kappa shape index (κ1) is 12.5. The van der Waals surface area contributed by atoms with E-state index in [2.05, 4.69) is 24.8 Å². The normalized spacial score (nSPS) is 31.1. The van der Waals surface area contributed by atoms with E-state index in [-0.39, 0.29) is 0 Å². The van der Waals surface area contributed by atoms with E-state index in [9.17, 15) is 0 Å². The minimum atomic E-state index is -0.666. The Balaban J connectivity index is 2.47. The number of nitrogens with two attached hydrogens (primary N) is 1. The fraction of sp³-hybridized carbons (Fsp3) is 0.917. The molecule has 1 rings (SSSR count).